The van der Waals surface area contributed by atoms with Crippen LogP contribution in [-0.4, -0.2) is 60.8 Å². The molecule has 1 saturated heterocycles. The summed E-state index contributed by atoms with van der Waals surface area (Å²) in [6, 6.07) is 1.40. The van der Waals surface area contributed by atoms with E-state index in [2.05, 4.69) is 20.5 Å². The summed E-state index contributed by atoms with van der Waals surface area (Å²) >= 11 is 0. The highest BCUT2D eigenvalue weighted by Crippen LogP contribution is 2.29. The number of likely N-dealkylation sites (tertiary alicyclic amines) is 1. The number of aliphatic imine (C=N–C) groups is 1. The van der Waals surface area contributed by atoms with Crippen molar-refractivity contribution < 1.29 is 5.11 Å². The zero-order valence-electron chi connectivity index (χ0n) is 15.0. The summed E-state index contributed by atoms with van der Waals surface area (Å²) in [5.74, 6) is 1.32. The van der Waals surface area contributed by atoms with E-state index >= 15 is 0 Å². The highest BCUT2D eigenvalue weighted by atomic mass is 127. The summed E-state index contributed by atoms with van der Waals surface area (Å²) in [6.07, 6.45) is 11.2. The molecule has 140 valence electrons. The van der Waals surface area contributed by atoms with Crippen LogP contribution in [0.4, 0.5) is 0 Å². The van der Waals surface area contributed by atoms with E-state index < -0.39 is 0 Å². The summed E-state index contributed by atoms with van der Waals surface area (Å²) in [7, 11) is 1.82. The molecule has 24 heavy (non-hydrogen) atoms. The van der Waals surface area contributed by atoms with Gasteiger partial charge in [0.2, 0.25) is 0 Å². The zero-order valence-corrected chi connectivity index (χ0v) is 17.4. The van der Waals surface area contributed by atoms with Crippen molar-refractivity contribution in [3.8, 4) is 0 Å². The van der Waals surface area contributed by atoms with Gasteiger partial charge >= 0.3 is 0 Å². The fraction of sp³-hybridized carbons (Fsp3) is 0.944. The third-order valence-corrected chi connectivity index (χ3v) is 5.83. The largest absolute Gasteiger partial charge is 0.391 e. The minimum atomic E-state index is -0.245. The van der Waals surface area contributed by atoms with Crippen LogP contribution in [-0.2, 0) is 0 Å². The van der Waals surface area contributed by atoms with Gasteiger partial charge in [-0.3, -0.25) is 4.99 Å². The molecule has 3 rings (SSSR count). The van der Waals surface area contributed by atoms with E-state index in [-0.39, 0.29) is 30.1 Å². The maximum atomic E-state index is 10.4. The van der Waals surface area contributed by atoms with E-state index in [1.165, 1.54) is 70.9 Å². The molecule has 1 heterocycles. The lowest BCUT2D eigenvalue weighted by Gasteiger charge is -2.33. The van der Waals surface area contributed by atoms with Crippen molar-refractivity contribution in [3.05, 3.63) is 0 Å². The summed E-state index contributed by atoms with van der Waals surface area (Å²) in [5.41, 5.74) is 0. The second-order valence-electron chi connectivity index (χ2n) is 7.60. The summed E-state index contributed by atoms with van der Waals surface area (Å²) in [5, 5.41) is 17.3. The summed E-state index contributed by atoms with van der Waals surface area (Å²) in [4.78, 5) is 6.98. The number of piperidine rings is 1. The number of nitrogens with zero attached hydrogens (tertiary/aromatic N) is 2. The first-order valence-corrected chi connectivity index (χ1v) is 9.65. The van der Waals surface area contributed by atoms with Crippen LogP contribution < -0.4 is 10.6 Å². The Kier molecular flexibility index (Phi) is 8.57. The fourth-order valence-electron chi connectivity index (χ4n) is 4.12. The van der Waals surface area contributed by atoms with Crippen LogP contribution in [0.5, 0.6) is 0 Å². The van der Waals surface area contributed by atoms with Crippen LogP contribution in [0.3, 0.4) is 0 Å². The molecule has 1 aliphatic heterocycles. The maximum Gasteiger partial charge on any atom is 0.191 e. The van der Waals surface area contributed by atoms with Gasteiger partial charge in [-0.15, -0.1) is 24.0 Å². The van der Waals surface area contributed by atoms with E-state index in [0.717, 1.165) is 12.0 Å². The van der Waals surface area contributed by atoms with Gasteiger partial charge in [0.15, 0.2) is 5.96 Å². The number of hydrogen-bond acceptors (Lipinski definition) is 3. The minimum absolute atomic E-state index is 0. The number of hydrogen-bond donors (Lipinski definition) is 3. The Labute approximate surface area is 164 Å². The Balaban J connectivity index is 0.00000208. The molecule has 0 bridgehead atoms. The molecule has 3 aliphatic rings. The molecule has 0 aromatic rings. The topological polar surface area (TPSA) is 59.9 Å². The lowest BCUT2D eigenvalue weighted by Crippen LogP contribution is -2.50. The van der Waals surface area contributed by atoms with Crippen LogP contribution in [0.15, 0.2) is 4.99 Å². The molecule has 6 heteroatoms. The standard InChI is InChI=1S/C18H34N4O.HI/c1-19-18(20-13-17(23)14-5-3-2-4-6-14)21-15-9-11-22(12-10-15)16-7-8-16;/h14-17,23H,2-13H2,1H3,(H2,19,20,21);1H. The number of nitrogens with one attached hydrogen (secondary N) is 2. The lowest BCUT2D eigenvalue weighted by molar-refractivity contribution is 0.0878. The van der Waals surface area contributed by atoms with Gasteiger partial charge in [0, 0.05) is 38.8 Å². The molecule has 5 nitrogen and oxygen atoms in total. The predicted octanol–water partition coefficient (Wildman–Crippen LogP) is 2.34. The van der Waals surface area contributed by atoms with E-state index in [9.17, 15) is 5.11 Å². The van der Waals surface area contributed by atoms with Gasteiger partial charge in [0.25, 0.3) is 0 Å². The third kappa shape index (κ3) is 6.02. The minimum Gasteiger partial charge on any atom is -0.391 e. The molecular weight excluding hydrogens is 415 g/mol. The molecule has 0 amide bonds. The number of halogens is 1. The SMILES string of the molecule is CN=C(NCC(O)C1CCCCC1)NC1CCN(C2CC2)CC1.I. The third-order valence-electron chi connectivity index (χ3n) is 5.83. The first kappa shape index (κ1) is 20.2. The number of aliphatic hydroxyl groups is 1. The highest BCUT2D eigenvalue weighted by molar-refractivity contribution is 14.0. The number of rotatable bonds is 5. The number of guanidine groups is 1. The second kappa shape index (κ2) is 10.2. The van der Waals surface area contributed by atoms with Crippen molar-refractivity contribution in [2.45, 2.75) is 76.0 Å². The van der Waals surface area contributed by atoms with Gasteiger partial charge in [0.05, 0.1) is 6.10 Å². The van der Waals surface area contributed by atoms with Crippen LogP contribution in [0.2, 0.25) is 0 Å². The van der Waals surface area contributed by atoms with Crippen molar-refractivity contribution in [2.24, 2.45) is 10.9 Å². The summed E-state index contributed by atoms with van der Waals surface area (Å²) < 4.78 is 0. The molecular formula is C18H35IN4O. The summed E-state index contributed by atoms with van der Waals surface area (Å²) in [6.45, 7) is 3.04. The molecule has 0 spiro atoms. The van der Waals surface area contributed by atoms with E-state index in [1.807, 2.05) is 7.05 Å². The van der Waals surface area contributed by atoms with Crippen LogP contribution >= 0.6 is 24.0 Å². The van der Waals surface area contributed by atoms with Crippen molar-refractivity contribution in [1.82, 2.24) is 15.5 Å². The van der Waals surface area contributed by atoms with E-state index in [0.29, 0.717) is 18.5 Å². The fourth-order valence-corrected chi connectivity index (χ4v) is 4.12. The van der Waals surface area contributed by atoms with Crippen LogP contribution in [0.25, 0.3) is 0 Å². The molecule has 3 fully saturated rings. The van der Waals surface area contributed by atoms with Gasteiger partial charge in [0.1, 0.15) is 0 Å². The van der Waals surface area contributed by atoms with Gasteiger partial charge in [-0.25, -0.2) is 0 Å². The predicted molar refractivity (Wildman–Crippen MR) is 110 cm³/mol. The van der Waals surface area contributed by atoms with Gasteiger partial charge in [-0.1, -0.05) is 19.3 Å². The average molecular weight is 450 g/mol. The van der Waals surface area contributed by atoms with Crippen molar-refractivity contribution in [3.63, 3.8) is 0 Å². The Morgan fingerprint density at radius 2 is 1.75 bits per heavy atom. The number of aliphatic hydroxyl groups excluding tert-OH is 1. The lowest BCUT2D eigenvalue weighted by atomic mass is 9.85. The Bertz CT molecular complexity index is 388. The van der Waals surface area contributed by atoms with Gasteiger partial charge in [-0.2, -0.15) is 0 Å². The Morgan fingerprint density at radius 1 is 1.08 bits per heavy atom. The second-order valence-corrected chi connectivity index (χ2v) is 7.60. The monoisotopic (exact) mass is 450 g/mol. The van der Waals surface area contributed by atoms with E-state index in [1.54, 1.807) is 0 Å². The van der Waals surface area contributed by atoms with E-state index in [4.69, 9.17) is 0 Å². The highest BCUT2D eigenvalue weighted by Gasteiger charge is 2.32. The quantitative estimate of drug-likeness (QED) is 0.342. The molecule has 0 radical (unpaired) electrons. The Morgan fingerprint density at radius 3 is 2.33 bits per heavy atom. The van der Waals surface area contributed by atoms with Crippen molar-refractivity contribution in [2.75, 3.05) is 26.7 Å². The van der Waals surface area contributed by atoms with Crippen molar-refractivity contribution >= 4 is 29.9 Å². The molecule has 0 aromatic heterocycles. The molecule has 0 aromatic carbocycles. The average Bonchev–Trinajstić information content (AvgIpc) is 3.44. The molecule has 1 unspecified atom stereocenters. The van der Waals surface area contributed by atoms with Crippen LogP contribution in [0.1, 0.15) is 57.8 Å². The smallest absolute Gasteiger partial charge is 0.191 e. The zero-order chi connectivity index (χ0) is 16.1. The molecule has 2 aliphatic carbocycles. The van der Waals surface area contributed by atoms with Crippen LogP contribution in [0, 0.1) is 5.92 Å². The molecule has 3 N–H and O–H groups in total. The molecule has 1 atom stereocenters. The maximum absolute atomic E-state index is 10.4. The van der Waals surface area contributed by atoms with Gasteiger partial charge < -0.3 is 20.6 Å². The van der Waals surface area contributed by atoms with Crippen molar-refractivity contribution in [1.29, 1.82) is 0 Å². The van der Waals surface area contributed by atoms with Gasteiger partial charge in [-0.05, 0) is 44.4 Å². The Hall–Kier alpha value is -0.0800. The first-order valence-electron chi connectivity index (χ1n) is 9.65. The normalized spacial score (nSPS) is 25.8. The molecule has 2 saturated carbocycles. The first-order chi connectivity index (χ1) is 11.3.